The maximum absolute atomic E-state index is 12.7. The molecule has 0 atom stereocenters. The summed E-state index contributed by atoms with van der Waals surface area (Å²) in [5, 5.41) is 6.09. The number of aryl methyl sites for hydroxylation is 1. The summed E-state index contributed by atoms with van der Waals surface area (Å²) in [7, 11) is -14.3. The minimum Gasteiger partial charge on any atom is -0.279 e. The van der Waals surface area contributed by atoms with Gasteiger partial charge in [0.25, 0.3) is 10.0 Å². The molecule has 2 aromatic carbocycles. The summed E-state index contributed by atoms with van der Waals surface area (Å²) in [5.74, 6) is 0. The molecule has 2 rings (SSSR count). The van der Waals surface area contributed by atoms with E-state index in [4.69, 9.17) is 16.9 Å². The van der Waals surface area contributed by atoms with Crippen molar-refractivity contribution in [3.05, 3.63) is 64.6 Å². The minimum atomic E-state index is -10.0. The van der Waals surface area contributed by atoms with Crippen LogP contribution < -0.4 is 4.72 Å². The van der Waals surface area contributed by atoms with Gasteiger partial charge in [0, 0.05) is 5.56 Å². The SMILES string of the molecule is Cc1ccc(S(=O)(=O)Nc2ccc(C#N)cc2/C(Cl)=C\S(F)(F)(F)(F)F)cc1. The maximum Gasteiger partial charge on any atom is 0.305 e. The molecule has 28 heavy (non-hydrogen) atoms. The molecule has 0 aliphatic carbocycles. The fourth-order valence-corrected chi connectivity index (χ4v) is 4.34. The van der Waals surface area contributed by atoms with Gasteiger partial charge >= 0.3 is 10.2 Å². The van der Waals surface area contributed by atoms with Gasteiger partial charge in [0.1, 0.15) is 0 Å². The van der Waals surface area contributed by atoms with E-state index in [0.29, 0.717) is 0 Å². The summed E-state index contributed by atoms with van der Waals surface area (Å²) < 4.78 is 90.6. The molecule has 0 saturated heterocycles. The summed E-state index contributed by atoms with van der Waals surface area (Å²) in [6.45, 7) is 1.72. The quantitative estimate of drug-likeness (QED) is 0.519. The number of halogens is 6. The summed E-state index contributed by atoms with van der Waals surface area (Å²) in [6.07, 6.45) is 0. The van der Waals surface area contributed by atoms with Gasteiger partial charge in [-0.05, 0) is 37.3 Å². The van der Waals surface area contributed by atoms with Crippen LogP contribution >= 0.6 is 21.8 Å². The monoisotopic (exact) mass is 458 g/mol. The van der Waals surface area contributed by atoms with E-state index in [9.17, 15) is 27.8 Å². The van der Waals surface area contributed by atoms with Crippen LogP contribution in [0.4, 0.5) is 25.1 Å². The van der Waals surface area contributed by atoms with Crippen LogP contribution in [0.5, 0.6) is 0 Å². The second-order valence-corrected chi connectivity index (χ2v) is 10.2. The van der Waals surface area contributed by atoms with Gasteiger partial charge in [-0.25, -0.2) is 8.42 Å². The molecule has 0 aliphatic rings. The van der Waals surface area contributed by atoms with Crippen LogP contribution in [0.1, 0.15) is 16.7 Å². The van der Waals surface area contributed by atoms with E-state index in [1.807, 2.05) is 4.72 Å². The number of nitrogens with one attached hydrogen (secondary N) is 1. The molecular formula is C16H12ClF5N2O2S2. The van der Waals surface area contributed by atoms with Crippen LogP contribution in [0.3, 0.4) is 0 Å². The minimum absolute atomic E-state index is 0.206. The van der Waals surface area contributed by atoms with Gasteiger partial charge in [-0.1, -0.05) is 48.7 Å². The maximum atomic E-state index is 12.7. The second kappa shape index (κ2) is 6.37. The number of nitriles is 1. The molecule has 0 bridgehead atoms. The zero-order valence-electron chi connectivity index (χ0n) is 14.0. The van der Waals surface area contributed by atoms with Gasteiger partial charge < -0.3 is 0 Å². The zero-order valence-corrected chi connectivity index (χ0v) is 16.4. The smallest absolute Gasteiger partial charge is 0.279 e. The molecule has 12 heteroatoms. The molecular weight excluding hydrogens is 447 g/mol. The van der Waals surface area contributed by atoms with Gasteiger partial charge in [-0.3, -0.25) is 4.72 Å². The van der Waals surface area contributed by atoms with Crippen LogP contribution in [0.25, 0.3) is 5.03 Å². The van der Waals surface area contributed by atoms with Gasteiger partial charge in [-0.15, -0.1) is 0 Å². The van der Waals surface area contributed by atoms with E-state index in [-0.39, 0.29) is 10.5 Å². The molecule has 0 saturated carbocycles. The average molecular weight is 459 g/mol. The first kappa shape index (κ1) is 22.0. The third-order valence-corrected chi connectivity index (χ3v) is 5.81. The van der Waals surface area contributed by atoms with Crippen molar-refractivity contribution in [3.63, 3.8) is 0 Å². The Morgan fingerprint density at radius 3 is 2.18 bits per heavy atom. The molecule has 2 aromatic rings. The lowest BCUT2D eigenvalue weighted by Crippen LogP contribution is -2.14. The number of anilines is 1. The normalized spacial score (nSPS) is 15.3. The van der Waals surface area contributed by atoms with Crippen molar-refractivity contribution in [2.45, 2.75) is 11.8 Å². The van der Waals surface area contributed by atoms with Gasteiger partial charge in [0.05, 0.1) is 32.7 Å². The number of rotatable bonds is 5. The molecule has 0 aliphatic heterocycles. The fraction of sp³-hybridized carbons (Fsp3) is 0.0625. The largest absolute Gasteiger partial charge is 0.305 e. The Kier molecular flexibility index (Phi) is 5.00. The Balaban J connectivity index is 2.59. The molecule has 0 aromatic heterocycles. The molecule has 4 nitrogen and oxygen atoms in total. The molecule has 0 amide bonds. The lowest BCUT2D eigenvalue weighted by molar-refractivity contribution is 0.385. The number of benzene rings is 2. The lowest BCUT2D eigenvalue weighted by atomic mass is 10.1. The highest BCUT2D eigenvalue weighted by molar-refractivity contribution is 8.48. The van der Waals surface area contributed by atoms with Crippen molar-refractivity contribution in [1.82, 2.24) is 0 Å². The van der Waals surface area contributed by atoms with E-state index < -0.39 is 41.9 Å². The summed E-state index contributed by atoms with van der Waals surface area (Å²) in [5.41, 5.74) is -0.658. The first-order valence-electron chi connectivity index (χ1n) is 7.26. The predicted octanol–water partition coefficient (Wildman–Crippen LogP) is 6.50. The van der Waals surface area contributed by atoms with E-state index in [1.165, 1.54) is 24.3 Å². The van der Waals surface area contributed by atoms with Crippen molar-refractivity contribution in [3.8, 4) is 6.07 Å². The third-order valence-electron chi connectivity index (χ3n) is 3.31. The Hall–Kier alpha value is -2.29. The van der Waals surface area contributed by atoms with E-state index in [0.717, 1.165) is 23.8 Å². The Bertz CT molecular complexity index is 1110. The first-order valence-corrected chi connectivity index (χ1v) is 11.1. The van der Waals surface area contributed by atoms with Crippen molar-refractivity contribution in [1.29, 1.82) is 5.26 Å². The number of sulfonamides is 1. The molecule has 0 unspecified atom stereocenters. The van der Waals surface area contributed by atoms with Crippen molar-refractivity contribution < 1.29 is 27.8 Å². The van der Waals surface area contributed by atoms with Crippen molar-refractivity contribution in [2.75, 3.05) is 4.72 Å². The van der Waals surface area contributed by atoms with Crippen LogP contribution in [0.15, 0.2) is 52.8 Å². The highest BCUT2D eigenvalue weighted by Crippen LogP contribution is 2.99. The Morgan fingerprint density at radius 2 is 1.68 bits per heavy atom. The summed E-state index contributed by atoms with van der Waals surface area (Å²) >= 11 is 5.45. The average Bonchev–Trinajstić information content (AvgIpc) is 2.52. The summed E-state index contributed by atoms with van der Waals surface area (Å²) in [4.78, 5) is -0.207. The predicted molar refractivity (Wildman–Crippen MR) is 100 cm³/mol. The summed E-state index contributed by atoms with van der Waals surface area (Å²) in [6, 6.07) is 9.94. The van der Waals surface area contributed by atoms with Crippen LogP contribution in [0, 0.1) is 18.3 Å². The highest BCUT2D eigenvalue weighted by atomic mass is 35.5. The molecule has 0 radical (unpaired) electrons. The number of hydrogen-bond donors (Lipinski definition) is 1. The zero-order chi connectivity index (χ0) is 21.4. The second-order valence-electron chi connectivity index (χ2n) is 5.79. The number of hydrogen-bond acceptors (Lipinski definition) is 3. The van der Waals surface area contributed by atoms with E-state index in [1.54, 1.807) is 13.0 Å². The van der Waals surface area contributed by atoms with E-state index in [2.05, 4.69) is 0 Å². The topological polar surface area (TPSA) is 70.0 Å². The van der Waals surface area contributed by atoms with E-state index >= 15 is 0 Å². The number of nitrogens with zero attached hydrogens (tertiary/aromatic N) is 1. The third kappa shape index (κ3) is 6.12. The van der Waals surface area contributed by atoms with Crippen molar-refractivity contribution >= 4 is 42.6 Å². The Morgan fingerprint density at radius 1 is 1.11 bits per heavy atom. The van der Waals surface area contributed by atoms with Gasteiger partial charge in [-0.2, -0.15) is 5.26 Å². The molecule has 152 valence electrons. The molecule has 0 fully saturated rings. The van der Waals surface area contributed by atoms with Crippen LogP contribution in [-0.2, 0) is 10.0 Å². The fourth-order valence-electron chi connectivity index (χ4n) is 2.08. The Labute approximate surface area is 163 Å². The standard InChI is InChI=1S/C16H12ClF5N2O2S2/c1-11-2-5-13(6-3-11)27(25,26)24-16-7-4-12(9-23)8-14(16)15(17)10-28(18,19,20,21)22/h2-8,10,24H,1H3/b15-10+. The molecule has 1 N–H and O–H groups in total. The lowest BCUT2D eigenvalue weighted by Gasteiger charge is -2.37. The van der Waals surface area contributed by atoms with Gasteiger partial charge in [0.2, 0.25) is 0 Å². The highest BCUT2D eigenvalue weighted by Gasteiger charge is 2.61. The van der Waals surface area contributed by atoms with Crippen molar-refractivity contribution in [2.24, 2.45) is 0 Å². The first-order chi connectivity index (χ1) is 12.5. The van der Waals surface area contributed by atoms with Crippen LogP contribution in [-0.4, -0.2) is 8.42 Å². The molecule has 0 heterocycles. The van der Waals surface area contributed by atoms with Gasteiger partial charge in [0.15, 0.2) is 0 Å². The molecule has 0 spiro atoms. The van der Waals surface area contributed by atoms with Crippen LogP contribution in [0.2, 0.25) is 0 Å².